The number of hydrogen-bond acceptors (Lipinski definition) is 4. The van der Waals surface area contributed by atoms with Gasteiger partial charge in [0.1, 0.15) is 11.9 Å². The van der Waals surface area contributed by atoms with E-state index in [2.05, 4.69) is 69.3 Å². The van der Waals surface area contributed by atoms with Gasteiger partial charge in [0.25, 0.3) is 8.32 Å². The van der Waals surface area contributed by atoms with Crippen LogP contribution in [-0.4, -0.2) is 32.4 Å². The molecule has 0 amide bonds. The van der Waals surface area contributed by atoms with Gasteiger partial charge < -0.3 is 13.6 Å². The summed E-state index contributed by atoms with van der Waals surface area (Å²) in [6, 6.07) is 23.0. The third kappa shape index (κ3) is 4.83. The van der Waals surface area contributed by atoms with Crippen molar-refractivity contribution in [2.24, 2.45) is 0 Å². The van der Waals surface area contributed by atoms with Gasteiger partial charge in [-0.2, -0.15) is 0 Å². The molecule has 4 rings (SSSR count). The third-order valence-corrected chi connectivity index (χ3v) is 12.1. The maximum atomic E-state index is 13.0. The molecule has 5 heteroatoms. The van der Waals surface area contributed by atoms with Gasteiger partial charge in [-0.3, -0.25) is 4.79 Å². The van der Waals surface area contributed by atoms with Crippen LogP contribution in [0.25, 0.3) is 0 Å². The van der Waals surface area contributed by atoms with Crippen molar-refractivity contribution in [2.45, 2.75) is 70.6 Å². The minimum atomic E-state index is -2.71. The van der Waals surface area contributed by atoms with Crippen molar-refractivity contribution in [2.75, 3.05) is 6.61 Å². The summed E-state index contributed by atoms with van der Waals surface area (Å²) in [6.45, 7) is 11.1. The standard InChI is InChI=1S/C29H36O4Si/c1-22-17-19-31-26(22)16-18-29(5)20-25(30)27(33-29)21-32-34(28(2,3)4,23-12-8-6-9-13-23)24-14-10-7-11-15-24/h6-15,17,19,27H,16,18,20-21H2,1-5H3/t27-,29+/m1/s1. The largest absolute Gasteiger partial charge is 0.469 e. The Morgan fingerprint density at radius 2 is 1.59 bits per heavy atom. The molecule has 2 atom stereocenters. The summed E-state index contributed by atoms with van der Waals surface area (Å²) >= 11 is 0. The second kappa shape index (κ2) is 9.65. The Morgan fingerprint density at radius 3 is 2.09 bits per heavy atom. The fourth-order valence-electron chi connectivity index (χ4n) is 5.21. The smallest absolute Gasteiger partial charge is 0.261 e. The van der Waals surface area contributed by atoms with Crippen molar-refractivity contribution in [1.82, 2.24) is 0 Å². The van der Waals surface area contributed by atoms with Crippen molar-refractivity contribution < 1.29 is 18.4 Å². The summed E-state index contributed by atoms with van der Waals surface area (Å²) in [5.41, 5.74) is 0.634. The van der Waals surface area contributed by atoms with Crippen LogP contribution in [0.5, 0.6) is 0 Å². The van der Waals surface area contributed by atoms with E-state index in [4.69, 9.17) is 13.6 Å². The second-order valence-electron chi connectivity index (χ2n) is 10.7. The number of benzene rings is 2. The zero-order valence-electron chi connectivity index (χ0n) is 21.0. The van der Waals surface area contributed by atoms with E-state index in [1.165, 1.54) is 10.4 Å². The van der Waals surface area contributed by atoms with E-state index < -0.39 is 20.0 Å². The van der Waals surface area contributed by atoms with Crippen LogP contribution in [0, 0.1) is 6.92 Å². The van der Waals surface area contributed by atoms with Gasteiger partial charge in [0.2, 0.25) is 0 Å². The molecule has 0 radical (unpaired) electrons. The highest BCUT2D eigenvalue weighted by Gasteiger charge is 2.52. The number of furan rings is 1. The molecule has 180 valence electrons. The van der Waals surface area contributed by atoms with Gasteiger partial charge in [-0.1, -0.05) is 81.4 Å². The molecule has 4 nitrogen and oxygen atoms in total. The molecule has 2 heterocycles. The van der Waals surface area contributed by atoms with Crippen LogP contribution in [0.3, 0.4) is 0 Å². The highest BCUT2D eigenvalue weighted by Crippen LogP contribution is 2.38. The number of ether oxygens (including phenoxy) is 1. The lowest BCUT2D eigenvalue weighted by Crippen LogP contribution is -2.67. The van der Waals surface area contributed by atoms with E-state index in [9.17, 15) is 4.79 Å². The Balaban J connectivity index is 1.57. The summed E-state index contributed by atoms with van der Waals surface area (Å²) in [6.07, 6.45) is 3.06. The van der Waals surface area contributed by atoms with Gasteiger partial charge in [0.05, 0.1) is 18.5 Å². The molecular formula is C29H36O4Si. The third-order valence-electron chi connectivity index (χ3n) is 7.05. The molecule has 0 unspecified atom stereocenters. The molecule has 1 aromatic heterocycles. The maximum absolute atomic E-state index is 13.0. The number of ketones is 1. The first-order valence-corrected chi connectivity index (χ1v) is 14.0. The van der Waals surface area contributed by atoms with Crippen molar-refractivity contribution in [1.29, 1.82) is 0 Å². The van der Waals surface area contributed by atoms with Crippen LogP contribution < -0.4 is 10.4 Å². The van der Waals surface area contributed by atoms with Gasteiger partial charge in [-0.05, 0) is 47.3 Å². The van der Waals surface area contributed by atoms with Crippen molar-refractivity contribution >= 4 is 24.5 Å². The van der Waals surface area contributed by atoms with Gasteiger partial charge >= 0.3 is 0 Å². The molecule has 0 spiro atoms. The van der Waals surface area contributed by atoms with Crippen molar-refractivity contribution in [3.05, 3.63) is 84.3 Å². The molecule has 0 bridgehead atoms. The fourth-order valence-corrected chi connectivity index (χ4v) is 9.76. The summed E-state index contributed by atoms with van der Waals surface area (Å²) < 4.78 is 18.9. The van der Waals surface area contributed by atoms with Crippen molar-refractivity contribution in [3.8, 4) is 0 Å². The van der Waals surface area contributed by atoms with Crippen LogP contribution in [0.15, 0.2) is 77.4 Å². The Hall–Kier alpha value is -2.47. The molecule has 34 heavy (non-hydrogen) atoms. The van der Waals surface area contributed by atoms with E-state index in [1.807, 2.05) is 32.0 Å². The molecule has 0 aliphatic carbocycles. The van der Waals surface area contributed by atoms with E-state index in [0.717, 1.165) is 24.2 Å². The van der Waals surface area contributed by atoms with Gasteiger partial charge in [-0.15, -0.1) is 0 Å². The minimum Gasteiger partial charge on any atom is -0.469 e. The summed E-state index contributed by atoms with van der Waals surface area (Å²) in [5.74, 6) is 1.08. The normalized spacial score (nSPS) is 21.2. The zero-order chi connectivity index (χ0) is 24.4. The zero-order valence-corrected chi connectivity index (χ0v) is 22.0. The fraction of sp³-hybridized carbons (Fsp3) is 0.414. The summed E-state index contributed by atoms with van der Waals surface area (Å²) in [5, 5.41) is 2.27. The van der Waals surface area contributed by atoms with Crippen LogP contribution in [-0.2, 0) is 20.4 Å². The van der Waals surface area contributed by atoms with Gasteiger partial charge in [0, 0.05) is 12.8 Å². The second-order valence-corrected chi connectivity index (χ2v) is 15.0. The molecule has 1 fully saturated rings. The van der Waals surface area contributed by atoms with Gasteiger partial charge in [-0.25, -0.2) is 0 Å². The number of aryl methyl sites for hydroxylation is 2. The Morgan fingerprint density at radius 1 is 1.00 bits per heavy atom. The van der Waals surface area contributed by atoms with Crippen LogP contribution in [0.1, 0.15) is 51.9 Å². The van der Waals surface area contributed by atoms with Crippen LogP contribution >= 0.6 is 0 Å². The number of rotatable bonds is 8. The molecule has 1 saturated heterocycles. The molecule has 0 saturated carbocycles. The van der Waals surface area contributed by atoms with Crippen LogP contribution in [0.2, 0.25) is 5.04 Å². The van der Waals surface area contributed by atoms with Gasteiger partial charge in [0.15, 0.2) is 5.78 Å². The number of hydrogen-bond donors (Lipinski definition) is 0. The molecule has 1 aliphatic rings. The lowest BCUT2D eigenvalue weighted by atomic mass is 9.94. The Kier molecular flexibility index (Phi) is 6.99. The molecular weight excluding hydrogens is 440 g/mol. The molecule has 0 N–H and O–H groups in total. The number of Topliss-reactive ketones (excluding diaryl/α,β-unsaturated/α-hetero) is 1. The van der Waals surface area contributed by atoms with E-state index in [0.29, 0.717) is 6.42 Å². The van der Waals surface area contributed by atoms with Crippen molar-refractivity contribution in [3.63, 3.8) is 0 Å². The predicted molar refractivity (Wildman–Crippen MR) is 138 cm³/mol. The van der Waals surface area contributed by atoms with E-state index in [-0.39, 0.29) is 17.4 Å². The molecule has 2 aromatic carbocycles. The Bertz CT molecular complexity index is 1060. The summed E-state index contributed by atoms with van der Waals surface area (Å²) in [4.78, 5) is 13.0. The first-order chi connectivity index (χ1) is 16.1. The molecule has 3 aromatic rings. The predicted octanol–water partition coefficient (Wildman–Crippen LogP) is 5.21. The Labute approximate surface area is 204 Å². The minimum absolute atomic E-state index is 0.122. The quantitative estimate of drug-likeness (QED) is 0.419. The highest BCUT2D eigenvalue weighted by molar-refractivity contribution is 6.99. The topological polar surface area (TPSA) is 48.7 Å². The van der Waals surface area contributed by atoms with E-state index >= 15 is 0 Å². The SMILES string of the molecule is Cc1ccoc1CC[C@@]1(C)CC(=O)[C@@H](CO[Si](c2ccccc2)(c2ccccc2)C(C)(C)C)O1. The highest BCUT2D eigenvalue weighted by atomic mass is 28.4. The molecule has 1 aliphatic heterocycles. The van der Waals surface area contributed by atoms with Crippen LogP contribution in [0.4, 0.5) is 0 Å². The van der Waals surface area contributed by atoms with E-state index in [1.54, 1.807) is 6.26 Å². The lowest BCUT2D eigenvalue weighted by molar-refractivity contribution is -0.125. The monoisotopic (exact) mass is 476 g/mol. The average molecular weight is 477 g/mol. The first-order valence-electron chi connectivity index (χ1n) is 12.1. The lowest BCUT2D eigenvalue weighted by Gasteiger charge is -2.43. The average Bonchev–Trinajstić information content (AvgIpc) is 3.35. The number of carbonyl (C=O) groups excluding carboxylic acids is 1. The maximum Gasteiger partial charge on any atom is 0.261 e. The number of carbonyl (C=O) groups is 1. The first kappa shape index (κ1) is 24.6. The summed E-state index contributed by atoms with van der Waals surface area (Å²) in [7, 11) is -2.71.